The minimum Gasteiger partial charge on any atom is -0.489 e. The minimum atomic E-state index is -3.01. The van der Waals surface area contributed by atoms with Crippen molar-refractivity contribution in [1.82, 2.24) is 4.98 Å². The summed E-state index contributed by atoms with van der Waals surface area (Å²) in [4.78, 5) is 4.27. The summed E-state index contributed by atoms with van der Waals surface area (Å²) in [7, 11) is -3.01. The maximum absolute atomic E-state index is 11.4. The van der Waals surface area contributed by atoms with E-state index in [0.717, 1.165) is 10.9 Å². The Labute approximate surface area is 133 Å². The summed E-state index contributed by atoms with van der Waals surface area (Å²) in [6.45, 7) is 0.0519. The first-order valence-corrected chi connectivity index (χ1v) is 9.16. The summed E-state index contributed by atoms with van der Waals surface area (Å²) in [5.41, 5.74) is -0.298. The summed E-state index contributed by atoms with van der Waals surface area (Å²) >= 11 is 5.95. The maximum Gasteiger partial charge on any atom is 0.150 e. The van der Waals surface area contributed by atoms with E-state index in [1.807, 2.05) is 6.07 Å². The number of benzene rings is 1. The van der Waals surface area contributed by atoms with E-state index in [9.17, 15) is 13.5 Å². The Morgan fingerprint density at radius 3 is 2.73 bits per heavy atom. The van der Waals surface area contributed by atoms with Gasteiger partial charge in [0.05, 0.1) is 23.2 Å². The van der Waals surface area contributed by atoms with E-state index in [0.29, 0.717) is 10.8 Å². The zero-order valence-electron chi connectivity index (χ0n) is 11.8. The first kappa shape index (κ1) is 15.5. The van der Waals surface area contributed by atoms with Gasteiger partial charge in [0.1, 0.15) is 18.0 Å². The molecule has 2 aromatic rings. The van der Waals surface area contributed by atoms with Crippen LogP contribution in [0.1, 0.15) is 12.8 Å². The lowest BCUT2D eigenvalue weighted by Gasteiger charge is -2.31. The number of nitrogens with zero attached hydrogens (tertiary/aromatic N) is 1. The fourth-order valence-corrected chi connectivity index (χ4v) is 4.21. The second-order valence-electron chi connectivity index (χ2n) is 5.67. The van der Waals surface area contributed by atoms with Crippen LogP contribution in [0.2, 0.25) is 5.02 Å². The fraction of sp³-hybridized carbons (Fsp3) is 0.400. The average molecular weight is 342 g/mol. The Kier molecular flexibility index (Phi) is 4.01. The highest BCUT2D eigenvalue weighted by Crippen LogP contribution is 2.26. The van der Waals surface area contributed by atoms with Gasteiger partial charge in [-0.15, -0.1) is 0 Å². The lowest BCUT2D eigenvalue weighted by Crippen LogP contribution is -2.43. The number of pyridine rings is 1. The molecule has 0 saturated carbocycles. The predicted octanol–water partition coefficient (Wildman–Crippen LogP) is 2.21. The van der Waals surface area contributed by atoms with Crippen LogP contribution in [0.25, 0.3) is 10.9 Å². The molecule has 0 aliphatic carbocycles. The van der Waals surface area contributed by atoms with Crippen LogP contribution in [0.3, 0.4) is 0 Å². The number of aliphatic hydroxyl groups is 1. The van der Waals surface area contributed by atoms with E-state index in [2.05, 4.69) is 4.98 Å². The Morgan fingerprint density at radius 1 is 1.27 bits per heavy atom. The molecule has 0 radical (unpaired) electrons. The van der Waals surface area contributed by atoms with Crippen molar-refractivity contribution < 1.29 is 18.3 Å². The first-order valence-electron chi connectivity index (χ1n) is 6.96. The van der Waals surface area contributed by atoms with E-state index < -0.39 is 15.4 Å². The van der Waals surface area contributed by atoms with Crippen molar-refractivity contribution in [1.29, 1.82) is 0 Å². The fourth-order valence-electron chi connectivity index (χ4n) is 2.44. The maximum atomic E-state index is 11.4. The molecule has 1 aliphatic heterocycles. The molecule has 0 spiro atoms. The zero-order chi connectivity index (χ0) is 15.8. The number of hydrogen-bond acceptors (Lipinski definition) is 5. The molecular formula is C15H16ClNO4S. The van der Waals surface area contributed by atoms with E-state index in [4.69, 9.17) is 16.3 Å². The third-order valence-electron chi connectivity index (χ3n) is 3.88. The molecule has 1 aliphatic rings. The molecule has 0 unspecified atom stereocenters. The highest BCUT2D eigenvalue weighted by atomic mass is 35.5. The smallest absolute Gasteiger partial charge is 0.150 e. The molecule has 0 amide bonds. The van der Waals surface area contributed by atoms with E-state index in [-0.39, 0.29) is 31.0 Å². The number of halogens is 1. The third kappa shape index (κ3) is 3.51. The highest BCUT2D eigenvalue weighted by molar-refractivity contribution is 7.91. The van der Waals surface area contributed by atoms with Crippen molar-refractivity contribution in [2.45, 2.75) is 18.4 Å². The van der Waals surface area contributed by atoms with Gasteiger partial charge in [0.2, 0.25) is 0 Å². The van der Waals surface area contributed by atoms with Crippen LogP contribution in [0.15, 0.2) is 30.5 Å². The topological polar surface area (TPSA) is 76.5 Å². The molecule has 7 heteroatoms. The summed E-state index contributed by atoms with van der Waals surface area (Å²) in [6.07, 6.45) is 1.98. The molecule has 1 aromatic carbocycles. The third-order valence-corrected chi connectivity index (χ3v) is 5.77. The van der Waals surface area contributed by atoms with Crippen molar-refractivity contribution in [3.63, 3.8) is 0 Å². The van der Waals surface area contributed by atoms with Crippen LogP contribution in [0.5, 0.6) is 5.75 Å². The second kappa shape index (κ2) is 5.68. The summed E-state index contributed by atoms with van der Waals surface area (Å²) < 4.78 is 28.4. The summed E-state index contributed by atoms with van der Waals surface area (Å²) in [6, 6.07) is 7.18. The summed E-state index contributed by atoms with van der Waals surface area (Å²) in [5.74, 6) is 0.522. The molecule has 0 atom stereocenters. The van der Waals surface area contributed by atoms with Crippen molar-refractivity contribution in [2.75, 3.05) is 18.1 Å². The molecule has 22 heavy (non-hydrogen) atoms. The van der Waals surface area contributed by atoms with Gasteiger partial charge in [-0.3, -0.25) is 4.98 Å². The monoisotopic (exact) mass is 341 g/mol. The van der Waals surface area contributed by atoms with Crippen LogP contribution in [0.4, 0.5) is 0 Å². The van der Waals surface area contributed by atoms with Crippen LogP contribution in [-0.4, -0.2) is 42.2 Å². The zero-order valence-corrected chi connectivity index (χ0v) is 13.4. The van der Waals surface area contributed by atoms with Crippen LogP contribution in [-0.2, 0) is 9.84 Å². The molecule has 1 aromatic heterocycles. The quantitative estimate of drug-likeness (QED) is 0.926. The lowest BCUT2D eigenvalue weighted by atomic mass is 9.98. The highest BCUT2D eigenvalue weighted by Gasteiger charge is 2.36. The molecular weight excluding hydrogens is 326 g/mol. The van der Waals surface area contributed by atoms with Crippen LogP contribution < -0.4 is 4.74 Å². The van der Waals surface area contributed by atoms with E-state index >= 15 is 0 Å². The molecule has 5 nitrogen and oxygen atoms in total. The molecule has 1 N–H and O–H groups in total. The van der Waals surface area contributed by atoms with Gasteiger partial charge in [-0.1, -0.05) is 11.6 Å². The Hall–Kier alpha value is -1.37. The average Bonchev–Trinajstić information content (AvgIpc) is 2.48. The van der Waals surface area contributed by atoms with Crippen molar-refractivity contribution in [3.8, 4) is 5.75 Å². The van der Waals surface area contributed by atoms with Crippen LogP contribution in [0, 0.1) is 0 Å². The number of sulfone groups is 1. The van der Waals surface area contributed by atoms with Gasteiger partial charge in [0.15, 0.2) is 9.84 Å². The molecule has 1 saturated heterocycles. The van der Waals surface area contributed by atoms with Crippen molar-refractivity contribution in [3.05, 3.63) is 35.5 Å². The van der Waals surface area contributed by atoms with Crippen molar-refractivity contribution >= 4 is 32.3 Å². The predicted molar refractivity (Wildman–Crippen MR) is 85.1 cm³/mol. The number of hydrogen-bond donors (Lipinski definition) is 1. The standard InChI is InChI=1S/C15H16ClNO4S/c16-12-1-2-14-11(7-12)8-13(9-17-14)21-10-15(18)3-5-22(19,20)6-4-15/h1-2,7-9,18H,3-6,10H2. The van der Waals surface area contributed by atoms with Gasteiger partial charge >= 0.3 is 0 Å². The van der Waals surface area contributed by atoms with Crippen LogP contribution >= 0.6 is 11.6 Å². The van der Waals surface area contributed by atoms with Gasteiger partial charge in [-0.05, 0) is 37.1 Å². The number of aromatic nitrogens is 1. The second-order valence-corrected chi connectivity index (χ2v) is 8.41. The lowest BCUT2D eigenvalue weighted by molar-refractivity contribution is -0.0128. The van der Waals surface area contributed by atoms with Crippen molar-refractivity contribution in [2.24, 2.45) is 0 Å². The molecule has 118 valence electrons. The SMILES string of the molecule is O=S1(=O)CCC(O)(COc2cnc3ccc(Cl)cc3c2)CC1. The molecule has 1 fully saturated rings. The van der Waals surface area contributed by atoms with Gasteiger partial charge in [-0.25, -0.2) is 8.42 Å². The van der Waals surface area contributed by atoms with Gasteiger partial charge in [0.25, 0.3) is 0 Å². The first-order chi connectivity index (χ1) is 10.4. The van der Waals surface area contributed by atoms with E-state index in [1.54, 1.807) is 24.4 Å². The molecule has 2 heterocycles. The number of ether oxygens (including phenoxy) is 1. The largest absolute Gasteiger partial charge is 0.489 e. The van der Waals surface area contributed by atoms with Gasteiger partial charge in [0, 0.05) is 10.4 Å². The Bertz CT molecular complexity index is 792. The number of rotatable bonds is 3. The van der Waals surface area contributed by atoms with E-state index in [1.165, 1.54) is 0 Å². The minimum absolute atomic E-state index is 0.00155. The van der Waals surface area contributed by atoms with Gasteiger partial charge in [-0.2, -0.15) is 0 Å². The van der Waals surface area contributed by atoms with Gasteiger partial charge < -0.3 is 9.84 Å². The number of fused-ring (bicyclic) bond motifs is 1. The Balaban J connectivity index is 1.71. The molecule has 3 rings (SSSR count). The normalized spacial score (nSPS) is 19.9. The summed E-state index contributed by atoms with van der Waals surface area (Å²) in [5, 5.41) is 11.9. The Morgan fingerprint density at radius 2 is 2.00 bits per heavy atom. The molecule has 0 bridgehead atoms.